The van der Waals surface area contributed by atoms with Gasteiger partial charge < -0.3 is 24.4 Å². The predicted molar refractivity (Wildman–Crippen MR) is 118 cm³/mol. The summed E-state index contributed by atoms with van der Waals surface area (Å²) in [4.78, 5) is 43.0. The minimum atomic E-state index is -1.20. The Bertz CT molecular complexity index is 1050. The van der Waals surface area contributed by atoms with Crippen LogP contribution < -0.4 is 9.47 Å². The summed E-state index contributed by atoms with van der Waals surface area (Å²) in [5.41, 5.74) is 1.56. The second-order valence-electron chi connectivity index (χ2n) is 8.06. The van der Waals surface area contributed by atoms with Crippen LogP contribution in [0.4, 0.5) is 0 Å². The number of aromatic hydroxyl groups is 1. The average Bonchev–Trinajstić information content (AvgIpc) is 3.02. The fourth-order valence-corrected chi connectivity index (χ4v) is 3.99. The number of phenolic OH excluding ortho intramolecular Hbond substituents is 1. The lowest BCUT2D eigenvalue weighted by molar-refractivity contribution is -0.140. The van der Waals surface area contributed by atoms with Crippen molar-refractivity contribution in [1.82, 2.24) is 9.80 Å². The number of ether oxygens (including phenoxy) is 2. The van der Waals surface area contributed by atoms with E-state index in [2.05, 4.69) is 0 Å². The van der Waals surface area contributed by atoms with Gasteiger partial charge in [-0.1, -0.05) is 6.07 Å². The molecule has 1 N–H and O–H groups in total. The zero-order chi connectivity index (χ0) is 23.6. The molecule has 1 fully saturated rings. The number of aryl methyl sites for hydroxylation is 1. The molecule has 0 aliphatic carbocycles. The van der Waals surface area contributed by atoms with E-state index in [1.165, 1.54) is 25.2 Å². The molecular formula is C24H28N2O6. The van der Waals surface area contributed by atoms with Gasteiger partial charge in [-0.05, 0) is 62.5 Å². The first-order chi connectivity index (χ1) is 15.2. The minimum absolute atomic E-state index is 0.0689. The smallest absolute Gasteiger partial charge is 0.291 e. The molecule has 1 saturated heterocycles. The largest absolute Gasteiger partial charge is 0.504 e. The van der Waals surface area contributed by atoms with E-state index < -0.39 is 29.4 Å². The van der Waals surface area contributed by atoms with Gasteiger partial charge in [0.1, 0.15) is 11.7 Å². The Hall–Kier alpha value is -3.39. The van der Waals surface area contributed by atoms with Crippen molar-refractivity contribution < 1.29 is 29.0 Å². The number of likely N-dealkylation sites (N-methyl/N-ethyl adjacent to an activating group) is 1. The van der Waals surface area contributed by atoms with Gasteiger partial charge in [0.25, 0.3) is 5.91 Å². The molecule has 0 radical (unpaired) electrons. The van der Waals surface area contributed by atoms with Gasteiger partial charge in [0.15, 0.2) is 17.3 Å². The highest BCUT2D eigenvalue weighted by atomic mass is 16.5. The van der Waals surface area contributed by atoms with Gasteiger partial charge in [-0.2, -0.15) is 0 Å². The summed E-state index contributed by atoms with van der Waals surface area (Å²) < 4.78 is 10.4. The minimum Gasteiger partial charge on any atom is -0.504 e. The van der Waals surface area contributed by atoms with Gasteiger partial charge in [0.05, 0.1) is 20.3 Å². The Morgan fingerprint density at radius 1 is 1.09 bits per heavy atom. The lowest BCUT2D eigenvalue weighted by atomic mass is 9.85. The van der Waals surface area contributed by atoms with Crippen LogP contribution in [0.5, 0.6) is 17.2 Å². The van der Waals surface area contributed by atoms with Crippen LogP contribution in [0.25, 0.3) is 0 Å². The fourth-order valence-electron chi connectivity index (χ4n) is 3.99. The van der Waals surface area contributed by atoms with Crippen LogP contribution in [-0.4, -0.2) is 73.8 Å². The lowest BCUT2D eigenvalue weighted by Crippen LogP contribution is -2.36. The van der Waals surface area contributed by atoms with Crippen LogP contribution in [0.2, 0.25) is 0 Å². The van der Waals surface area contributed by atoms with E-state index in [1.807, 2.05) is 19.0 Å². The first-order valence-corrected chi connectivity index (χ1v) is 10.2. The third-order valence-electron chi connectivity index (χ3n) is 5.72. The van der Waals surface area contributed by atoms with Gasteiger partial charge in [0.2, 0.25) is 5.78 Å². The molecule has 2 aromatic rings. The van der Waals surface area contributed by atoms with Crippen molar-refractivity contribution in [3.05, 3.63) is 53.1 Å². The first kappa shape index (κ1) is 23.3. The molecule has 0 saturated carbocycles. The highest BCUT2D eigenvalue weighted by Crippen LogP contribution is 2.41. The molecule has 32 heavy (non-hydrogen) atoms. The summed E-state index contributed by atoms with van der Waals surface area (Å²) >= 11 is 0. The van der Waals surface area contributed by atoms with Crippen LogP contribution >= 0.6 is 0 Å². The van der Waals surface area contributed by atoms with E-state index in [0.29, 0.717) is 29.0 Å². The molecule has 0 spiro atoms. The second-order valence-corrected chi connectivity index (χ2v) is 8.06. The molecule has 2 unspecified atom stereocenters. The zero-order valence-corrected chi connectivity index (χ0v) is 18.9. The normalized spacial score (nSPS) is 18.4. The van der Waals surface area contributed by atoms with Crippen molar-refractivity contribution in [3.63, 3.8) is 0 Å². The number of rotatable bonds is 8. The Morgan fingerprint density at radius 2 is 1.81 bits per heavy atom. The van der Waals surface area contributed by atoms with E-state index in [9.17, 15) is 19.5 Å². The molecule has 8 heteroatoms. The fraction of sp³-hybridized carbons (Fsp3) is 0.375. The van der Waals surface area contributed by atoms with E-state index in [1.54, 1.807) is 37.3 Å². The van der Waals surface area contributed by atoms with Crippen molar-refractivity contribution in [2.24, 2.45) is 5.92 Å². The van der Waals surface area contributed by atoms with E-state index in [-0.39, 0.29) is 18.0 Å². The van der Waals surface area contributed by atoms with Crippen molar-refractivity contribution in [1.29, 1.82) is 0 Å². The number of carbonyl (C=O) groups is 3. The van der Waals surface area contributed by atoms with Crippen molar-refractivity contribution in [2.75, 3.05) is 41.4 Å². The van der Waals surface area contributed by atoms with Crippen LogP contribution in [0.15, 0.2) is 36.4 Å². The summed E-state index contributed by atoms with van der Waals surface area (Å²) in [5, 5.41) is 10.0. The molecule has 2 atom stereocenters. The van der Waals surface area contributed by atoms with E-state index in [4.69, 9.17) is 9.47 Å². The molecule has 0 bridgehead atoms. The Kier molecular flexibility index (Phi) is 6.84. The van der Waals surface area contributed by atoms with E-state index >= 15 is 0 Å². The highest BCUT2D eigenvalue weighted by Gasteiger charge is 2.51. The van der Waals surface area contributed by atoms with Crippen molar-refractivity contribution >= 4 is 17.5 Å². The molecule has 1 aliphatic heterocycles. The molecule has 3 rings (SSSR count). The molecule has 170 valence electrons. The monoisotopic (exact) mass is 440 g/mol. The zero-order valence-electron chi connectivity index (χ0n) is 18.9. The number of benzene rings is 2. The number of hydrogen-bond donors (Lipinski definition) is 1. The predicted octanol–water partition coefficient (Wildman–Crippen LogP) is 2.23. The van der Waals surface area contributed by atoms with Crippen LogP contribution in [0, 0.1) is 12.8 Å². The number of phenols is 1. The Balaban J connectivity index is 2.10. The van der Waals surface area contributed by atoms with Crippen molar-refractivity contribution in [2.45, 2.75) is 13.0 Å². The molecule has 0 aromatic heterocycles. The van der Waals surface area contributed by atoms with Crippen LogP contribution in [0.1, 0.15) is 27.5 Å². The number of hydrogen-bond acceptors (Lipinski definition) is 7. The van der Waals surface area contributed by atoms with Gasteiger partial charge >= 0.3 is 0 Å². The maximum atomic E-state index is 13.6. The summed E-state index contributed by atoms with van der Waals surface area (Å²) in [6, 6.07) is 8.80. The number of Topliss-reactive ketones (excluding diaryl/α,β-unsaturated/α-hetero) is 2. The van der Waals surface area contributed by atoms with Gasteiger partial charge in [0, 0.05) is 18.7 Å². The summed E-state index contributed by atoms with van der Waals surface area (Å²) in [7, 11) is 6.68. The number of ketones is 2. The maximum Gasteiger partial charge on any atom is 0.291 e. The highest BCUT2D eigenvalue weighted by molar-refractivity contribution is 6.44. The molecule has 1 amide bonds. The molecule has 1 heterocycles. The Morgan fingerprint density at radius 3 is 2.41 bits per heavy atom. The SMILES string of the molecule is COc1ccc(C(=O)C2C(=O)C(=O)N(CCN(C)C)C2c2ccc(O)c(OC)c2)c(C)c1. The van der Waals surface area contributed by atoms with Gasteiger partial charge in [-0.25, -0.2) is 0 Å². The number of amides is 1. The van der Waals surface area contributed by atoms with Gasteiger partial charge in [-0.3, -0.25) is 14.4 Å². The van der Waals surface area contributed by atoms with Gasteiger partial charge in [-0.15, -0.1) is 0 Å². The van der Waals surface area contributed by atoms with Crippen LogP contribution in [-0.2, 0) is 9.59 Å². The standard InChI is InChI=1S/C24H28N2O6/c1-14-12-16(31-4)7-8-17(14)22(28)20-21(15-6-9-18(27)19(13-15)32-5)26(11-10-25(2)3)24(30)23(20)29/h6-9,12-13,20-21,27H,10-11H2,1-5H3. The summed E-state index contributed by atoms with van der Waals surface area (Å²) in [6.07, 6.45) is 0. The number of carbonyl (C=O) groups excluding carboxylic acids is 3. The average molecular weight is 440 g/mol. The molecule has 1 aliphatic rings. The summed E-state index contributed by atoms with van der Waals surface area (Å²) in [6.45, 7) is 2.56. The van der Waals surface area contributed by atoms with Crippen LogP contribution in [0.3, 0.4) is 0 Å². The van der Waals surface area contributed by atoms with E-state index in [0.717, 1.165) is 0 Å². The quantitative estimate of drug-likeness (QED) is 0.382. The summed E-state index contributed by atoms with van der Waals surface area (Å²) in [5.74, 6) is -2.32. The second kappa shape index (κ2) is 9.40. The topological polar surface area (TPSA) is 96.4 Å². The molecule has 2 aromatic carbocycles. The maximum absolute atomic E-state index is 13.6. The molecule has 8 nitrogen and oxygen atoms in total. The number of nitrogens with zero attached hydrogens (tertiary/aromatic N) is 2. The third-order valence-corrected chi connectivity index (χ3v) is 5.72. The number of likely N-dealkylation sites (tertiary alicyclic amines) is 1. The van der Waals surface area contributed by atoms with Crippen molar-refractivity contribution in [3.8, 4) is 17.2 Å². The Labute approximate surface area is 187 Å². The number of methoxy groups -OCH3 is 2. The molecular weight excluding hydrogens is 412 g/mol. The first-order valence-electron chi connectivity index (χ1n) is 10.2. The third kappa shape index (κ3) is 4.31. The lowest BCUT2D eigenvalue weighted by Gasteiger charge is -2.28.